The number of amides is 1. The van der Waals surface area contributed by atoms with Crippen molar-refractivity contribution in [3.05, 3.63) is 29.3 Å². The topological polar surface area (TPSA) is 88.1 Å². The first-order chi connectivity index (χ1) is 8.88. The summed E-state index contributed by atoms with van der Waals surface area (Å²) < 4.78 is 5.25. The normalized spacial score (nSPS) is 10.8. The molecule has 0 saturated heterocycles. The molecule has 5 nitrogen and oxygen atoms in total. The molecule has 0 radical (unpaired) electrons. The smallest absolute Gasteiger partial charge is 0.219 e. The molecular weight excluding hydrogens is 242 g/mol. The van der Waals surface area contributed by atoms with E-state index in [1.165, 1.54) is 0 Å². The highest BCUT2D eigenvalue weighted by molar-refractivity contribution is 5.75. The Labute approximate surface area is 113 Å². The second-order valence-corrected chi connectivity index (χ2v) is 5.02. The van der Waals surface area contributed by atoms with Gasteiger partial charge in [-0.1, -0.05) is 0 Å². The zero-order chi connectivity index (χ0) is 14.5. The number of nitrogens with one attached hydrogen (secondary N) is 1. The van der Waals surface area contributed by atoms with Gasteiger partial charge < -0.3 is 15.8 Å². The number of methoxy groups -OCH3 is 1. The number of nitrogens with zero attached hydrogens (tertiary/aromatic N) is 1. The SMILES string of the molecule is COc1ccc(C#N)cc1CNC(C)(C)CC(N)=O. The number of benzene rings is 1. The van der Waals surface area contributed by atoms with Crippen molar-refractivity contribution < 1.29 is 9.53 Å². The molecular formula is C14H19N3O2. The van der Waals surface area contributed by atoms with Crippen molar-refractivity contribution in [2.75, 3.05) is 7.11 Å². The summed E-state index contributed by atoms with van der Waals surface area (Å²) in [7, 11) is 1.58. The van der Waals surface area contributed by atoms with Gasteiger partial charge in [0.1, 0.15) is 5.75 Å². The molecule has 0 unspecified atom stereocenters. The molecule has 0 aliphatic heterocycles. The molecule has 0 atom stereocenters. The molecule has 1 amide bonds. The molecule has 0 bridgehead atoms. The number of primary amides is 1. The molecule has 0 heterocycles. The highest BCUT2D eigenvalue weighted by Crippen LogP contribution is 2.20. The average Bonchev–Trinajstić information content (AvgIpc) is 2.34. The van der Waals surface area contributed by atoms with Crippen LogP contribution in [0.15, 0.2) is 18.2 Å². The zero-order valence-electron chi connectivity index (χ0n) is 11.5. The van der Waals surface area contributed by atoms with Gasteiger partial charge in [0.05, 0.1) is 18.7 Å². The Kier molecular flexibility index (Phi) is 4.90. The van der Waals surface area contributed by atoms with Crippen LogP contribution in [0.25, 0.3) is 0 Å². The minimum Gasteiger partial charge on any atom is -0.496 e. The lowest BCUT2D eigenvalue weighted by atomic mass is 9.99. The van der Waals surface area contributed by atoms with Crippen LogP contribution < -0.4 is 15.8 Å². The number of carbonyl (C=O) groups is 1. The number of rotatable bonds is 6. The van der Waals surface area contributed by atoms with E-state index < -0.39 is 5.54 Å². The van der Waals surface area contributed by atoms with E-state index in [1.807, 2.05) is 13.8 Å². The first-order valence-electron chi connectivity index (χ1n) is 5.98. The Morgan fingerprint density at radius 1 is 1.53 bits per heavy atom. The summed E-state index contributed by atoms with van der Waals surface area (Å²) in [6.45, 7) is 4.30. The molecule has 0 saturated carbocycles. The Morgan fingerprint density at radius 3 is 2.74 bits per heavy atom. The maximum Gasteiger partial charge on any atom is 0.219 e. The van der Waals surface area contributed by atoms with Crippen LogP contribution in [-0.2, 0) is 11.3 Å². The molecule has 5 heteroatoms. The highest BCUT2D eigenvalue weighted by Gasteiger charge is 2.20. The van der Waals surface area contributed by atoms with Crippen molar-refractivity contribution in [1.29, 1.82) is 5.26 Å². The Hall–Kier alpha value is -2.06. The van der Waals surface area contributed by atoms with Gasteiger partial charge in [-0.15, -0.1) is 0 Å². The fraction of sp³-hybridized carbons (Fsp3) is 0.429. The third-order valence-corrected chi connectivity index (χ3v) is 2.78. The fourth-order valence-electron chi connectivity index (χ4n) is 1.82. The minimum atomic E-state index is -0.403. The van der Waals surface area contributed by atoms with Crippen molar-refractivity contribution in [1.82, 2.24) is 5.32 Å². The van der Waals surface area contributed by atoms with E-state index in [9.17, 15) is 4.79 Å². The van der Waals surface area contributed by atoms with Gasteiger partial charge in [-0.25, -0.2) is 0 Å². The van der Waals surface area contributed by atoms with Gasteiger partial charge in [0.15, 0.2) is 0 Å². The summed E-state index contributed by atoms with van der Waals surface area (Å²) in [6.07, 6.45) is 0.243. The van der Waals surface area contributed by atoms with Gasteiger partial charge in [-0.3, -0.25) is 4.79 Å². The van der Waals surface area contributed by atoms with E-state index in [0.29, 0.717) is 17.9 Å². The van der Waals surface area contributed by atoms with E-state index in [-0.39, 0.29) is 12.3 Å². The van der Waals surface area contributed by atoms with Crippen molar-refractivity contribution in [3.63, 3.8) is 0 Å². The van der Waals surface area contributed by atoms with Crippen LogP contribution in [0, 0.1) is 11.3 Å². The molecule has 19 heavy (non-hydrogen) atoms. The molecule has 0 aliphatic carbocycles. The quantitative estimate of drug-likeness (QED) is 0.808. The third kappa shape index (κ3) is 4.60. The first-order valence-corrected chi connectivity index (χ1v) is 5.98. The van der Waals surface area contributed by atoms with Crippen molar-refractivity contribution in [2.24, 2.45) is 5.73 Å². The van der Waals surface area contributed by atoms with Crippen LogP contribution in [0.1, 0.15) is 31.4 Å². The summed E-state index contributed by atoms with van der Waals surface area (Å²) in [5, 5.41) is 12.1. The standard InChI is InChI=1S/C14H19N3O2/c1-14(2,7-13(16)18)17-9-11-6-10(8-15)4-5-12(11)19-3/h4-6,17H,7,9H2,1-3H3,(H2,16,18). The number of ether oxygens (including phenoxy) is 1. The summed E-state index contributed by atoms with van der Waals surface area (Å²) in [5.41, 5.74) is 6.25. The van der Waals surface area contributed by atoms with Gasteiger partial charge in [-0.05, 0) is 32.0 Å². The molecule has 0 fully saturated rings. The third-order valence-electron chi connectivity index (χ3n) is 2.78. The van der Waals surface area contributed by atoms with Crippen LogP contribution in [0.4, 0.5) is 0 Å². The van der Waals surface area contributed by atoms with Gasteiger partial charge in [0.2, 0.25) is 5.91 Å². The number of nitriles is 1. The molecule has 1 aromatic carbocycles. The molecule has 0 aliphatic rings. The molecule has 0 aromatic heterocycles. The average molecular weight is 261 g/mol. The van der Waals surface area contributed by atoms with E-state index in [4.69, 9.17) is 15.7 Å². The summed E-state index contributed by atoms with van der Waals surface area (Å²) in [4.78, 5) is 11.0. The molecule has 102 valence electrons. The van der Waals surface area contributed by atoms with Crippen molar-refractivity contribution in [3.8, 4) is 11.8 Å². The van der Waals surface area contributed by atoms with Crippen LogP contribution in [0.5, 0.6) is 5.75 Å². The van der Waals surface area contributed by atoms with Crippen LogP contribution in [0.3, 0.4) is 0 Å². The molecule has 1 rings (SSSR count). The van der Waals surface area contributed by atoms with E-state index in [1.54, 1.807) is 25.3 Å². The Morgan fingerprint density at radius 2 is 2.21 bits per heavy atom. The van der Waals surface area contributed by atoms with E-state index in [0.717, 1.165) is 5.56 Å². The number of hydrogen-bond donors (Lipinski definition) is 2. The van der Waals surface area contributed by atoms with Crippen LogP contribution in [0.2, 0.25) is 0 Å². The fourth-order valence-corrected chi connectivity index (χ4v) is 1.82. The Balaban J connectivity index is 2.82. The van der Waals surface area contributed by atoms with Crippen molar-refractivity contribution >= 4 is 5.91 Å². The Bertz CT molecular complexity index is 504. The predicted octanol–water partition coefficient (Wildman–Crippen LogP) is 1.31. The van der Waals surface area contributed by atoms with Gasteiger partial charge >= 0.3 is 0 Å². The summed E-state index contributed by atoms with van der Waals surface area (Å²) in [6, 6.07) is 7.33. The largest absolute Gasteiger partial charge is 0.496 e. The van der Waals surface area contributed by atoms with E-state index in [2.05, 4.69) is 11.4 Å². The molecule has 1 aromatic rings. The van der Waals surface area contributed by atoms with Crippen LogP contribution in [-0.4, -0.2) is 18.6 Å². The molecule has 0 spiro atoms. The number of nitrogens with two attached hydrogens (primary N) is 1. The highest BCUT2D eigenvalue weighted by atomic mass is 16.5. The number of hydrogen-bond acceptors (Lipinski definition) is 4. The van der Waals surface area contributed by atoms with Gasteiger partial charge in [0.25, 0.3) is 0 Å². The second kappa shape index (κ2) is 6.21. The second-order valence-electron chi connectivity index (χ2n) is 5.02. The number of carbonyl (C=O) groups excluding carboxylic acids is 1. The van der Waals surface area contributed by atoms with Gasteiger partial charge in [0, 0.05) is 24.1 Å². The van der Waals surface area contributed by atoms with Crippen molar-refractivity contribution in [2.45, 2.75) is 32.4 Å². The van der Waals surface area contributed by atoms with Gasteiger partial charge in [-0.2, -0.15) is 5.26 Å². The lowest BCUT2D eigenvalue weighted by Crippen LogP contribution is -2.42. The monoisotopic (exact) mass is 261 g/mol. The van der Waals surface area contributed by atoms with E-state index >= 15 is 0 Å². The lowest BCUT2D eigenvalue weighted by molar-refractivity contribution is -0.119. The molecule has 3 N–H and O–H groups in total. The van der Waals surface area contributed by atoms with Crippen LogP contribution >= 0.6 is 0 Å². The maximum atomic E-state index is 11.0. The maximum absolute atomic E-state index is 11.0. The minimum absolute atomic E-state index is 0.243. The predicted molar refractivity (Wildman–Crippen MR) is 72.4 cm³/mol. The zero-order valence-corrected chi connectivity index (χ0v) is 11.5. The summed E-state index contributed by atoms with van der Waals surface area (Å²) >= 11 is 0. The summed E-state index contributed by atoms with van der Waals surface area (Å²) in [5.74, 6) is 0.358. The first kappa shape index (κ1) is 15.0. The lowest BCUT2D eigenvalue weighted by Gasteiger charge is -2.25.